The lowest BCUT2D eigenvalue weighted by Crippen LogP contribution is -1.91. The first-order chi connectivity index (χ1) is 11.8. The first-order valence-corrected chi connectivity index (χ1v) is 8.35. The zero-order chi connectivity index (χ0) is 18.6. The Labute approximate surface area is 150 Å². The van der Waals surface area contributed by atoms with Gasteiger partial charge in [0, 0.05) is 12.4 Å². The number of aliphatic imine (C=N–C) groups is 2. The Hall–Kier alpha value is -2.77. The van der Waals surface area contributed by atoms with Gasteiger partial charge >= 0.3 is 0 Å². The van der Waals surface area contributed by atoms with Gasteiger partial charge in [-0.25, -0.2) is 0 Å². The van der Waals surface area contributed by atoms with E-state index in [0.29, 0.717) is 5.57 Å². The summed E-state index contributed by atoms with van der Waals surface area (Å²) in [5, 5.41) is 7.50. The summed E-state index contributed by atoms with van der Waals surface area (Å²) in [7, 11) is 0. The highest BCUT2D eigenvalue weighted by atomic mass is 14.8. The average molecular weight is 331 g/mol. The molecule has 2 aromatic rings. The maximum atomic E-state index is 7.50. The topological polar surface area (TPSA) is 48.6 Å². The van der Waals surface area contributed by atoms with Gasteiger partial charge in [0.25, 0.3) is 0 Å². The van der Waals surface area contributed by atoms with Crippen molar-refractivity contribution in [2.24, 2.45) is 9.98 Å². The number of allylic oxidation sites excluding steroid dienone is 1. The lowest BCUT2D eigenvalue weighted by Gasteiger charge is -2.07. The zero-order valence-corrected chi connectivity index (χ0v) is 15.9. The van der Waals surface area contributed by atoms with E-state index in [-0.39, 0.29) is 0 Å². The van der Waals surface area contributed by atoms with E-state index < -0.39 is 0 Å². The summed E-state index contributed by atoms with van der Waals surface area (Å²) in [6.07, 6.45) is 3.31. The third-order valence-electron chi connectivity index (χ3n) is 4.08. The summed E-state index contributed by atoms with van der Waals surface area (Å²) in [6, 6.07) is 8.45. The van der Waals surface area contributed by atoms with Gasteiger partial charge in [-0.15, -0.1) is 0 Å². The smallest absolute Gasteiger partial charge is 0.0719 e. The van der Waals surface area contributed by atoms with E-state index in [1.165, 1.54) is 11.1 Å². The van der Waals surface area contributed by atoms with E-state index in [9.17, 15) is 0 Å². The number of nitrogens with one attached hydrogen (secondary N) is 1. The number of aryl methyl sites for hydroxylation is 6. The lowest BCUT2D eigenvalue weighted by atomic mass is 10.1. The van der Waals surface area contributed by atoms with E-state index in [1.807, 2.05) is 27.7 Å². The molecular weight excluding hydrogens is 306 g/mol. The van der Waals surface area contributed by atoms with Crippen molar-refractivity contribution in [1.82, 2.24) is 0 Å². The first kappa shape index (κ1) is 18.6. The second-order valence-electron chi connectivity index (χ2n) is 6.59. The van der Waals surface area contributed by atoms with E-state index >= 15 is 0 Å². The van der Waals surface area contributed by atoms with Gasteiger partial charge in [0.1, 0.15) is 0 Å². The first-order valence-electron chi connectivity index (χ1n) is 8.35. The molecule has 0 aliphatic rings. The molecule has 1 N–H and O–H groups in total. The molecule has 3 nitrogen and oxygen atoms in total. The van der Waals surface area contributed by atoms with Crippen LogP contribution < -0.4 is 0 Å². The number of benzene rings is 2. The van der Waals surface area contributed by atoms with Crippen LogP contribution in [0.1, 0.15) is 33.4 Å². The fourth-order valence-corrected chi connectivity index (χ4v) is 3.12. The third-order valence-corrected chi connectivity index (χ3v) is 4.08. The minimum Gasteiger partial charge on any atom is -0.258 e. The molecule has 0 aliphatic heterocycles. The molecule has 0 fully saturated rings. The normalized spacial score (nSPS) is 11.3. The van der Waals surface area contributed by atoms with Crippen LogP contribution in [0.3, 0.4) is 0 Å². The SMILES string of the molecule is Cc1cc(C)c(N=CC(=C=N)C=Nc2c(C)cc(C)cc2C)c(C)c1. The van der Waals surface area contributed by atoms with Crippen molar-refractivity contribution in [2.75, 3.05) is 0 Å². The van der Waals surface area contributed by atoms with Crippen LogP contribution in [0.25, 0.3) is 0 Å². The standard InChI is InChI=1S/C22H25N3/c1-14-7-16(3)21(17(4)8-14)24-12-20(11-23)13-25-22-18(5)9-15(2)10-19(22)6/h7-10,12-13,23H,1-6H3. The van der Waals surface area contributed by atoms with E-state index in [0.717, 1.165) is 33.6 Å². The van der Waals surface area contributed by atoms with Crippen LogP contribution in [-0.4, -0.2) is 18.3 Å². The molecule has 3 heteroatoms. The number of nitrogens with zero attached hydrogens (tertiary/aromatic N) is 2. The molecule has 0 unspecified atom stereocenters. The van der Waals surface area contributed by atoms with E-state index in [2.05, 4.69) is 54.0 Å². The molecule has 128 valence electrons. The maximum Gasteiger partial charge on any atom is 0.0719 e. The van der Waals surface area contributed by atoms with Gasteiger partial charge < -0.3 is 0 Å². The Morgan fingerprint density at radius 3 is 1.32 bits per heavy atom. The molecule has 0 atom stereocenters. The van der Waals surface area contributed by atoms with Gasteiger partial charge in [0.2, 0.25) is 0 Å². The van der Waals surface area contributed by atoms with E-state index in [4.69, 9.17) is 5.41 Å². The quantitative estimate of drug-likeness (QED) is 0.687. The van der Waals surface area contributed by atoms with Gasteiger partial charge in [-0.1, -0.05) is 35.4 Å². The van der Waals surface area contributed by atoms with Crippen molar-refractivity contribution < 1.29 is 0 Å². The second-order valence-corrected chi connectivity index (χ2v) is 6.59. The fourth-order valence-electron chi connectivity index (χ4n) is 3.12. The van der Waals surface area contributed by atoms with Crippen molar-refractivity contribution >= 4 is 29.7 Å². The molecule has 0 aliphatic carbocycles. The molecule has 25 heavy (non-hydrogen) atoms. The van der Waals surface area contributed by atoms with Crippen LogP contribution in [0.2, 0.25) is 0 Å². The van der Waals surface area contributed by atoms with Crippen molar-refractivity contribution in [3.8, 4) is 0 Å². The van der Waals surface area contributed by atoms with Crippen molar-refractivity contribution in [3.63, 3.8) is 0 Å². The average Bonchev–Trinajstić information content (AvgIpc) is 2.50. The molecule has 2 aromatic carbocycles. The molecule has 0 aromatic heterocycles. The molecule has 2 rings (SSSR count). The Balaban J connectivity index is 2.30. The number of hydrogen-bond acceptors (Lipinski definition) is 3. The summed E-state index contributed by atoms with van der Waals surface area (Å²) in [6.45, 7) is 12.4. The van der Waals surface area contributed by atoms with Gasteiger partial charge in [-0.2, -0.15) is 0 Å². The van der Waals surface area contributed by atoms with Crippen LogP contribution in [0.4, 0.5) is 11.4 Å². The Morgan fingerprint density at radius 2 is 1.04 bits per heavy atom. The van der Waals surface area contributed by atoms with Crippen LogP contribution >= 0.6 is 0 Å². The minimum atomic E-state index is 0.541. The third kappa shape index (κ3) is 4.62. The zero-order valence-electron chi connectivity index (χ0n) is 15.9. The van der Waals surface area contributed by atoms with Crippen LogP contribution in [-0.2, 0) is 0 Å². The van der Waals surface area contributed by atoms with Gasteiger partial charge in [0.05, 0.1) is 16.9 Å². The van der Waals surface area contributed by atoms with Crippen LogP contribution in [0.5, 0.6) is 0 Å². The van der Waals surface area contributed by atoms with Crippen molar-refractivity contribution in [3.05, 3.63) is 63.2 Å². The number of hydrogen-bond donors (Lipinski definition) is 1. The Morgan fingerprint density at radius 1 is 0.720 bits per heavy atom. The monoisotopic (exact) mass is 331 g/mol. The Bertz CT molecular complexity index is 795. The number of rotatable bonds is 4. The molecule has 0 radical (unpaired) electrons. The highest BCUT2D eigenvalue weighted by Gasteiger charge is 2.03. The highest BCUT2D eigenvalue weighted by Crippen LogP contribution is 2.26. The van der Waals surface area contributed by atoms with Crippen LogP contribution in [0.15, 0.2) is 39.8 Å². The molecule has 0 saturated heterocycles. The predicted octanol–water partition coefficient (Wildman–Crippen LogP) is 5.82. The molecular formula is C22H25N3. The summed E-state index contributed by atoms with van der Waals surface area (Å²) >= 11 is 0. The van der Waals surface area contributed by atoms with Crippen molar-refractivity contribution in [2.45, 2.75) is 41.5 Å². The largest absolute Gasteiger partial charge is 0.258 e. The summed E-state index contributed by atoms with van der Waals surface area (Å²) in [5.41, 5.74) is 9.37. The molecule has 0 heterocycles. The Kier molecular flexibility index (Phi) is 5.84. The second kappa shape index (κ2) is 7.87. The summed E-state index contributed by atoms with van der Waals surface area (Å²) < 4.78 is 0. The molecule has 0 saturated carbocycles. The lowest BCUT2D eigenvalue weighted by molar-refractivity contribution is 1.29. The van der Waals surface area contributed by atoms with Gasteiger partial charge in [-0.3, -0.25) is 15.4 Å². The summed E-state index contributed by atoms with van der Waals surface area (Å²) in [4.78, 5) is 9.11. The minimum absolute atomic E-state index is 0.541. The van der Waals surface area contributed by atoms with Crippen molar-refractivity contribution in [1.29, 1.82) is 5.41 Å². The molecule has 0 spiro atoms. The van der Waals surface area contributed by atoms with Gasteiger partial charge in [-0.05, 0) is 69.7 Å². The molecule has 0 amide bonds. The highest BCUT2D eigenvalue weighted by molar-refractivity contribution is 6.13. The van der Waals surface area contributed by atoms with E-state index in [1.54, 1.807) is 12.4 Å². The summed E-state index contributed by atoms with van der Waals surface area (Å²) in [5.74, 6) is 2.41. The van der Waals surface area contributed by atoms with Gasteiger partial charge in [0.15, 0.2) is 0 Å². The molecule has 0 bridgehead atoms. The predicted molar refractivity (Wildman–Crippen MR) is 109 cm³/mol. The maximum absolute atomic E-state index is 7.50. The fraction of sp³-hybridized carbons (Fsp3) is 0.273. The van der Waals surface area contributed by atoms with Crippen LogP contribution in [0, 0.1) is 47.0 Å².